The van der Waals surface area contributed by atoms with E-state index in [0.29, 0.717) is 0 Å². The molecule has 0 aliphatic heterocycles. The van der Waals surface area contributed by atoms with E-state index in [-0.39, 0.29) is 0 Å². The van der Waals surface area contributed by atoms with Gasteiger partial charge in [-0.3, -0.25) is 0 Å². The van der Waals surface area contributed by atoms with Crippen molar-refractivity contribution in [3.05, 3.63) is 96.1 Å². The average Bonchev–Trinajstić information content (AvgIpc) is 2.97. The Kier molecular flexibility index (Phi) is 2.65. The van der Waals surface area contributed by atoms with Crippen molar-refractivity contribution < 1.29 is 0 Å². The quantitative estimate of drug-likeness (QED) is 0.351. The summed E-state index contributed by atoms with van der Waals surface area (Å²) in [4.78, 5) is 0. The Bertz CT molecular complexity index is 1030. The minimum Gasteiger partial charge on any atom is -0.0622 e. The number of benzene rings is 4. The van der Waals surface area contributed by atoms with E-state index in [4.69, 9.17) is 0 Å². The van der Waals surface area contributed by atoms with Gasteiger partial charge in [0.25, 0.3) is 0 Å². The van der Waals surface area contributed by atoms with Crippen LogP contribution in [0, 0.1) is 0 Å². The largest absolute Gasteiger partial charge is 0.0622 e. The van der Waals surface area contributed by atoms with E-state index in [1.54, 1.807) is 0 Å². The predicted molar refractivity (Wildman–Crippen MR) is 97.6 cm³/mol. The van der Waals surface area contributed by atoms with Crippen LogP contribution in [0.1, 0.15) is 11.1 Å². The second-order valence-corrected chi connectivity index (χ2v) is 6.27. The molecule has 0 unspecified atom stereocenters. The fourth-order valence-corrected chi connectivity index (χ4v) is 3.68. The van der Waals surface area contributed by atoms with Gasteiger partial charge in [-0.25, -0.2) is 0 Å². The Morgan fingerprint density at radius 1 is 0.478 bits per heavy atom. The predicted octanol–water partition coefficient (Wildman–Crippen LogP) is 6.08. The van der Waals surface area contributed by atoms with Crippen LogP contribution in [-0.4, -0.2) is 0 Å². The maximum absolute atomic E-state index is 2.35. The van der Waals surface area contributed by atoms with Gasteiger partial charge in [-0.1, -0.05) is 72.8 Å². The highest BCUT2D eigenvalue weighted by atomic mass is 14.2. The van der Waals surface area contributed by atoms with Gasteiger partial charge in [0.2, 0.25) is 0 Å². The third-order valence-corrected chi connectivity index (χ3v) is 4.86. The molecule has 0 bridgehead atoms. The normalized spacial score (nSPS) is 12.2. The van der Waals surface area contributed by atoms with Crippen molar-refractivity contribution >= 4 is 10.8 Å². The molecule has 108 valence electrons. The van der Waals surface area contributed by atoms with Crippen LogP contribution in [0.2, 0.25) is 0 Å². The molecule has 0 aromatic heterocycles. The fraction of sp³-hybridized carbons (Fsp3) is 0.0435. The van der Waals surface area contributed by atoms with E-state index in [1.165, 1.54) is 44.2 Å². The van der Waals surface area contributed by atoms with Crippen LogP contribution in [0.25, 0.3) is 33.0 Å². The van der Waals surface area contributed by atoms with E-state index in [1.807, 2.05) is 0 Å². The summed E-state index contributed by atoms with van der Waals surface area (Å²) in [5.41, 5.74) is 8.26. The highest BCUT2D eigenvalue weighted by Crippen LogP contribution is 2.40. The first-order valence-corrected chi connectivity index (χ1v) is 8.09. The summed E-state index contributed by atoms with van der Waals surface area (Å²) in [6.07, 6.45) is 1.05. The Morgan fingerprint density at radius 3 is 2.00 bits per heavy atom. The lowest BCUT2D eigenvalue weighted by atomic mass is 9.97. The van der Waals surface area contributed by atoms with Crippen LogP contribution in [0.4, 0.5) is 0 Å². The second-order valence-electron chi connectivity index (χ2n) is 6.27. The Labute approximate surface area is 136 Å². The number of fused-ring (bicyclic) bond motifs is 4. The Balaban J connectivity index is 1.71. The Morgan fingerprint density at radius 2 is 1.17 bits per heavy atom. The standard InChI is InChI=1S/C23H16/c1-2-6-16(7-3-1)19-10-11-20-13-21-12-17-8-4-5-9-18(17)14-23(21)22(20)15-19/h1-12,14-15H,13H2. The molecule has 1 aliphatic rings. The maximum atomic E-state index is 2.35. The topological polar surface area (TPSA) is 0 Å². The SMILES string of the molecule is c1ccc(-c2ccc3c(c2)-c2cc4ccccc4cc2C3)cc1. The number of hydrogen-bond acceptors (Lipinski definition) is 0. The molecule has 0 nitrogen and oxygen atoms in total. The van der Waals surface area contributed by atoms with E-state index < -0.39 is 0 Å². The molecular formula is C23H16. The van der Waals surface area contributed by atoms with Crippen LogP contribution >= 0.6 is 0 Å². The third kappa shape index (κ3) is 1.99. The summed E-state index contributed by atoms with van der Waals surface area (Å²) in [7, 11) is 0. The molecule has 0 atom stereocenters. The summed E-state index contributed by atoms with van der Waals surface area (Å²) in [5, 5.41) is 2.66. The van der Waals surface area contributed by atoms with Gasteiger partial charge in [0, 0.05) is 0 Å². The van der Waals surface area contributed by atoms with Crippen LogP contribution < -0.4 is 0 Å². The molecule has 1 aliphatic carbocycles. The molecule has 0 heteroatoms. The molecule has 0 heterocycles. The van der Waals surface area contributed by atoms with Crippen molar-refractivity contribution in [2.45, 2.75) is 6.42 Å². The van der Waals surface area contributed by atoms with Gasteiger partial charge in [-0.15, -0.1) is 0 Å². The third-order valence-electron chi connectivity index (χ3n) is 4.86. The zero-order valence-corrected chi connectivity index (χ0v) is 12.8. The van der Waals surface area contributed by atoms with Gasteiger partial charge < -0.3 is 0 Å². The molecule has 4 aromatic carbocycles. The van der Waals surface area contributed by atoms with Crippen molar-refractivity contribution in [1.29, 1.82) is 0 Å². The van der Waals surface area contributed by atoms with E-state index in [2.05, 4.69) is 84.9 Å². The summed E-state index contributed by atoms with van der Waals surface area (Å²) < 4.78 is 0. The van der Waals surface area contributed by atoms with E-state index in [0.717, 1.165) is 6.42 Å². The summed E-state index contributed by atoms with van der Waals surface area (Å²) >= 11 is 0. The zero-order chi connectivity index (χ0) is 15.2. The first kappa shape index (κ1) is 12.7. The van der Waals surface area contributed by atoms with Crippen molar-refractivity contribution in [1.82, 2.24) is 0 Å². The van der Waals surface area contributed by atoms with Crippen LogP contribution in [-0.2, 0) is 6.42 Å². The molecular weight excluding hydrogens is 276 g/mol. The molecule has 23 heavy (non-hydrogen) atoms. The van der Waals surface area contributed by atoms with Gasteiger partial charge in [0.15, 0.2) is 0 Å². The smallest absolute Gasteiger partial charge is 0.00132 e. The van der Waals surface area contributed by atoms with E-state index in [9.17, 15) is 0 Å². The summed E-state index contributed by atoms with van der Waals surface area (Å²) in [6.45, 7) is 0. The zero-order valence-electron chi connectivity index (χ0n) is 12.8. The first-order valence-electron chi connectivity index (χ1n) is 8.09. The highest BCUT2D eigenvalue weighted by molar-refractivity contribution is 5.92. The molecule has 0 spiro atoms. The molecule has 4 aromatic rings. The van der Waals surface area contributed by atoms with Gasteiger partial charge in [0.1, 0.15) is 0 Å². The van der Waals surface area contributed by atoms with Gasteiger partial charge in [0.05, 0.1) is 0 Å². The van der Waals surface area contributed by atoms with Crippen LogP contribution in [0.3, 0.4) is 0 Å². The van der Waals surface area contributed by atoms with Crippen LogP contribution in [0.15, 0.2) is 84.9 Å². The number of hydrogen-bond donors (Lipinski definition) is 0. The first-order chi connectivity index (χ1) is 11.4. The summed E-state index contributed by atoms with van der Waals surface area (Å²) in [5.74, 6) is 0. The maximum Gasteiger partial charge on any atom is -0.00132 e. The van der Waals surface area contributed by atoms with Crippen molar-refractivity contribution in [2.24, 2.45) is 0 Å². The molecule has 0 amide bonds. The molecule has 0 N–H and O–H groups in total. The lowest BCUT2D eigenvalue weighted by Crippen LogP contribution is -1.82. The minimum atomic E-state index is 1.05. The molecule has 0 radical (unpaired) electrons. The summed E-state index contributed by atoms with van der Waals surface area (Å²) in [6, 6.07) is 30.9. The Hall–Kier alpha value is -2.86. The molecule has 0 saturated carbocycles. The average molecular weight is 292 g/mol. The fourth-order valence-electron chi connectivity index (χ4n) is 3.68. The highest BCUT2D eigenvalue weighted by Gasteiger charge is 2.19. The van der Waals surface area contributed by atoms with Gasteiger partial charge >= 0.3 is 0 Å². The van der Waals surface area contributed by atoms with Crippen LogP contribution in [0.5, 0.6) is 0 Å². The van der Waals surface area contributed by atoms with Crippen molar-refractivity contribution in [3.63, 3.8) is 0 Å². The second kappa shape index (κ2) is 4.82. The van der Waals surface area contributed by atoms with E-state index >= 15 is 0 Å². The van der Waals surface area contributed by atoms with Gasteiger partial charge in [-0.2, -0.15) is 0 Å². The minimum absolute atomic E-state index is 1.05. The van der Waals surface area contributed by atoms with Gasteiger partial charge in [-0.05, 0) is 62.7 Å². The molecule has 0 fully saturated rings. The lowest BCUT2D eigenvalue weighted by Gasteiger charge is -2.07. The monoisotopic (exact) mass is 292 g/mol. The molecule has 5 rings (SSSR count). The van der Waals surface area contributed by atoms with Crippen molar-refractivity contribution in [3.8, 4) is 22.3 Å². The number of rotatable bonds is 1. The van der Waals surface area contributed by atoms with Crippen molar-refractivity contribution in [2.75, 3.05) is 0 Å². The lowest BCUT2D eigenvalue weighted by molar-refractivity contribution is 1.27. The molecule has 0 saturated heterocycles.